The maximum absolute atomic E-state index is 11.7. The molecule has 2 rings (SSSR count). The summed E-state index contributed by atoms with van der Waals surface area (Å²) in [5.41, 5.74) is -0.211. The van der Waals surface area contributed by atoms with Crippen LogP contribution < -0.4 is 0 Å². The van der Waals surface area contributed by atoms with Gasteiger partial charge in [-0.3, -0.25) is 9.36 Å². The fourth-order valence-corrected chi connectivity index (χ4v) is 5.67. The minimum atomic E-state index is -3.09. The van der Waals surface area contributed by atoms with Crippen molar-refractivity contribution >= 4 is 31.5 Å². The average Bonchev–Trinajstić information content (AvgIpc) is 2.81. The smallest absolute Gasteiger partial charge is 0.344 e. The Kier molecular flexibility index (Phi) is 16.3. The Labute approximate surface area is 211 Å². The number of allylic oxidation sites excluding steroid dienone is 2. The number of carboxylic acids is 1. The van der Waals surface area contributed by atoms with Crippen LogP contribution in [0.3, 0.4) is 0 Å². The van der Waals surface area contributed by atoms with Crippen LogP contribution in [0.25, 0.3) is 0 Å². The van der Waals surface area contributed by atoms with Crippen molar-refractivity contribution in [1.29, 1.82) is 0 Å². The molecule has 0 atom stereocenters. The molecule has 2 fully saturated rings. The van der Waals surface area contributed by atoms with Crippen molar-refractivity contribution in [2.24, 2.45) is 5.41 Å². The van der Waals surface area contributed by atoms with Crippen LogP contribution in [-0.2, 0) is 14.2 Å². The topological polar surface area (TPSA) is 94.9 Å². The van der Waals surface area contributed by atoms with Crippen molar-refractivity contribution in [2.45, 2.75) is 99.0 Å². The summed E-state index contributed by atoms with van der Waals surface area (Å²) >= 11 is 0.990. The van der Waals surface area contributed by atoms with E-state index in [1.54, 1.807) is 13.0 Å². The third-order valence-electron chi connectivity index (χ3n) is 5.19. The van der Waals surface area contributed by atoms with Gasteiger partial charge in [-0.1, -0.05) is 82.1 Å². The van der Waals surface area contributed by atoms with Gasteiger partial charge in [-0.2, -0.15) is 0 Å². The van der Waals surface area contributed by atoms with Gasteiger partial charge >= 0.3 is 5.97 Å². The van der Waals surface area contributed by atoms with Gasteiger partial charge in [0.2, 0.25) is 13.8 Å². The number of amides is 1. The molecule has 2 N–H and O–H groups in total. The number of thioether (sulfide) groups is 1. The molecule has 6 nitrogen and oxygen atoms in total. The molecule has 0 bridgehead atoms. The minimum Gasteiger partial charge on any atom is -0.477 e. The monoisotopic (exact) mass is 513 g/mol. The number of rotatable bonds is 6. The highest BCUT2D eigenvalue weighted by molar-refractivity contribution is 8.07. The molecule has 0 aromatic heterocycles. The van der Waals surface area contributed by atoms with E-state index in [4.69, 9.17) is 0 Å². The first-order valence-electron chi connectivity index (χ1n) is 12.3. The van der Waals surface area contributed by atoms with Gasteiger partial charge in [-0.15, -0.1) is 0 Å². The maximum atomic E-state index is 11.7. The van der Waals surface area contributed by atoms with E-state index in [9.17, 15) is 24.2 Å². The lowest BCUT2D eigenvalue weighted by molar-refractivity contribution is -0.131. The van der Waals surface area contributed by atoms with Crippen molar-refractivity contribution < 1.29 is 24.2 Å². The quantitative estimate of drug-likeness (QED) is 0.174. The van der Waals surface area contributed by atoms with Crippen LogP contribution in [0.4, 0.5) is 0 Å². The molecule has 1 saturated heterocycles. The predicted molar refractivity (Wildman–Crippen MR) is 144 cm³/mol. The Bertz CT molecular complexity index is 777. The fourth-order valence-electron chi connectivity index (χ4n) is 3.32. The maximum Gasteiger partial charge on any atom is 0.344 e. The van der Waals surface area contributed by atoms with E-state index in [0.717, 1.165) is 11.8 Å². The summed E-state index contributed by atoms with van der Waals surface area (Å²) in [6.07, 6.45) is 13.6. The Morgan fingerprint density at radius 3 is 1.88 bits per heavy atom. The molecule has 194 valence electrons. The molecule has 0 aromatic rings. The first kappa shape index (κ1) is 32.5. The van der Waals surface area contributed by atoms with Crippen LogP contribution in [-0.4, -0.2) is 45.6 Å². The van der Waals surface area contributed by atoms with E-state index >= 15 is 0 Å². The van der Waals surface area contributed by atoms with Gasteiger partial charge in [0.05, 0.1) is 4.91 Å². The summed E-state index contributed by atoms with van der Waals surface area (Å²) in [7, 11) is -3.09. The average molecular weight is 514 g/mol. The highest BCUT2D eigenvalue weighted by Gasteiger charge is 2.30. The molecule has 0 spiro atoms. The summed E-state index contributed by atoms with van der Waals surface area (Å²) < 4.78 is 11.7. The second-order valence-corrected chi connectivity index (χ2v) is 12.9. The summed E-state index contributed by atoms with van der Waals surface area (Å²) in [5.74, 6) is 4.87. The van der Waals surface area contributed by atoms with E-state index in [1.165, 1.54) is 49.6 Å². The molecule has 0 radical (unpaired) electrons. The Hall–Kier alpha value is -1.48. The molecular weight excluding hydrogens is 469 g/mol. The molecule has 2 aliphatic rings. The van der Waals surface area contributed by atoms with Gasteiger partial charge in [-0.05, 0) is 40.5 Å². The van der Waals surface area contributed by atoms with Crippen LogP contribution in [0.1, 0.15) is 92.9 Å². The first-order valence-corrected chi connectivity index (χ1v) is 15.2. The van der Waals surface area contributed by atoms with Crippen LogP contribution in [0, 0.1) is 17.3 Å². The highest BCUT2D eigenvalue weighted by atomic mass is 32.2. The van der Waals surface area contributed by atoms with E-state index in [-0.39, 0.29) is 28.7 Å². The minimum absolute atomic E-state index is 0.0221. The molecule has 1 saturated carbocycles. The zero-order valence-corrected chi connectivity index (χ0v) is 23.5. The van der Waals surface area contributed by atoms with Crippen molar-refractivity contribution in [1.82, 2.24) is 4.90 Å². The third-order valence-corrected chi connectivity index (χ3v) is 8.16. The summed E-state index contributed by atoms with van der Waals surface area (Å²) in [6.45, 7) is 11.7. The Morgan fingerprint density at radius 1 is 1.06 bits per heavy atom. The molecule has 1 aliphatic carbocycles. The molecule has 1 aliphatic heterocycles. The second kappa shape index (κ2) is 17.0. The standard InChI is InChI=1S/C18H26NO5PS.C6H12.C2H6/c1-5-15(6-9-18(2,3)4)26-16(17(21)22)12-19(13-20)14-7-10-25(23,24)11-8-14;1-2-4-6-5-3-1;1-2/h5,12-14H,7-8,10-11H2,1-4H3,(H,21,22)(H,23,24);1-6H2;1-2H3/b15-5-,16-12+;;. The van der Waals surface area contributed by atoms with Crippen molar-refractivity contribution in [3.05, 3.63) is 22.1 Å². The highest BCUT2D eigenvalue weighted by Crippen LogP contribution is 2.46. The summed E-state index contributed by atoms with van der Waals surface area (Å²) in [5, 5.41) is 9.48. The van der Waals surface area contributed by atoms with Crippen molar-refractivity contribution in [3.63, 3.8) is 0 Å². The summed E-state index contributed by atoms with van der Waals surface area (Å²) in [4.78, 5) is 34.5. The number of hydrogen-bond donors (Lipinski definition) is 2. The number of carbonyl (C=O) groups is 2. The lowest BCUT2D eigenvalue weighted by atomic mass is 9.98. The molecule has 0 unspecified atom stereocenters. The Morgan fingerprint density at radius 2 is 1.53 bits per heavy atom. The molecule has 0 aromatic carbocycles. The first-order chi connectivity index (χ1) is 16.0. The SMILES string of the molecule is C/C=C(/C#CC(C)(C)C)S/C(=C/N(C=O)C1CCP(=O)(O)CC1)C(=O)O.C1CCCCC1.CC. The van der Waals surface area contributed by atoms with Crippen LogP contribution in [0.5, 0.6) is 0 Å². The van der Waals surface area contributed by atoms with Gasteiger partial charge in [-0.25, -0.2) is 4.79 Å². The van der Waals surface area contributed by atoms with Gasteiger partial charge in [0.15, 0.2) is 0 Å². The zero-order chi connectivity index (χ0) is 26.2. The molecule has 8 heteroatoms. The lowest BCUT2D eigenvalue weighted by Gasteiger charge is -2.31. The van der Waals surface area contributed by atoms with Gasteiger partial charge in [0, 0.05) is 30.0 Å². The van der Waals surface area contributed by atoms with E-state index in [0.29, 0.717) is 24.2 Å². The van der Waals surface area contributed by atoms with E-state index in [2.05, 4.69) is 11.8 Å². The van der Waals surface area contributed by atoms with Crippen LogP contribution in [0.2, 0.25) is 0 Å². The lowest BCUT2D eigenvalue weighted by Crippen LogP contribution is -2.34. The number of carbonyl (C=O) groups excluding carboxylic acids is 1. The van der Waals surface area contributed by atoms with Crippen LogP contribution in [0.15, 0.2) is 22.1 Å². The summed E-state index contributed by atoms with van der Waals surface area (Å²) in [6, 6.07) is -0.272. The molecular formula is C26H44NO5PS. The Balaban J connectivity index is 0.00000115. The second-order valence-electron chi connectivity index (χ2n) is 9.25. The normalized spacial score (nSPS) is 23.1. The van der Waals surface area contributed by atoms with Crippen molar-refractivity contribution in [3.8, 4) is 11.8 Å². The van der Waals surface area contributed by atoms with Crippen molar-refractivity contribution in [2.75, 3.05) is 12.3 Å². The number of aliphatic carboxylic acids is 1. The molecule has 1 amide bonds. The number of nitrogens with zero attached hydrogens (tertiary/aromatic N) is 1. The number of carboxylic acid groups (broad SMARTS) is 1. The third kappa shape index (κ3) is 14.7. The van der Waals surface area contributed by atoms with Crippen LogP contribution >= 0.6 is 19.1 Å². The predicted octanol–water partition coefficient (Wildman–Crippen LogP) is 6.86. The number of hydrogen-bond acceptors (Lipinski definition) is 4. The zero-order valence-electron chi connectivity index (χ0n) is 21.8. The molecule has 34 heavy (non-hydrogen) atoms. The van der Waals surface area contributed by atoms with Gasteiger partial charge in [0.1, 0.15) is 4.91 Å². The van der Waals surface area contributed by atoms with Gasteiger partial charge < -0.3 is 14.9 Å². The largest absolute Gasteiger partial charge is 0.477 e. The molecule has 1 heterocycles. The van der Waals surface area contributed by atoms with E-state index in [1.807, 2.05) is 34.6 Å². The van der Waals surface area contributed by atoms with E-state index < -0.39 is 13.3 Å². The fraction of sp³-hybridized carbons (Fsp3) is 0.692. The van der Waals surface area contributed by atoms with Gasteiger partial charge in [0.25, 0.3) is 0 Å².